The Balaban J connectivity index is 3.99. The van der Waals surface area contributed by atoms with Gasteiger partial charge in [-0.2, -0.15) is 0 Å². The molecular weight excluding hydrogens is 160 g/mol. The third-order valence-electron chi connectivity index (χ3n) is 2.27. The van der Waals surface area contributed by atoms with Crippen molar-refractivity contribution in [1.82, 2.24) is 0 Å². The Morgan fingerprint density at radius 3 is 2.31 bits per heavy atom. The first-order chi connectivity index (χ1) is 6.10. The molecule has 0 aliphatic rings. The molecule has 0 amide bonds. The average Bonchev–Trinajstić information content (AvgIpc) is 2.10. The lowest BCUT2D eigenvalue weighted by Gasteiger charge is -2.06. The SMILES string of the molecule is CCC(C)CC=C(C=O)CC(C)C. The van der Waals surface area contributed by atoms with Crippen molar-refractivity contribution in [3.8, 4) is 0 Å². The van der Waals surface area contributed by atoms with Crippen molar-refractivity contribution in [3.05, 3.63) is 11.6 Å². The van der Waals surface area contributed by atoms with E-state index in [0.717, 1.165) is 24.7 Å². The lowest BCUT2D eigenvalue weighted by atomic mass is 9.99. The fourth-order valence-corrected chi connectivity index (χ4v) is 1.17. The van der Waals surface area contributed by atoms with Gasteiger partial charge in [0, 0.05) is 0 Å². The Bertz CT molecular complexity index is 168. The minimum absolute atomic E-state index is 0.577. The van der Waals surface area contributed by atoms with E-state index < -0.39 is 0 Å². The Labute approximate surface area is 82.2 Å². The molecule has 0 aliphatic carbocycles. The molecule has 1 unspecified atom stereocenters. The number of hydrogen-bond acceptors (Lipinski definition) is 1. The summed E-state index contributed by atoms with van der Waals surface area (Å²) in [6, 6.07) is 0. The summed E-state index contributed by atoms with van der Waals surface area (Å²) in [5.41, 5.74) is 0.968. The summed E-state index contributed by atoms with van der Waals surface area (Å²) in [7, 11) is 0. The molecule has 0 radical (unpaired) electrons. The molecule has 0 rings (SSSR count). The highest BCUT2D eigenvalue weighted by molar-refractivity contribution is 5.72. The van der Waals surface area contributed by atoms with Crippen LogP contribution < -0.4 is 0 Å². The van der Waals surface area contributed by atoms with E-state index in [0.29, 0.717) is 11.8 Å². The smallest absolute Gasteiger partial charge is 0.145 e. The first-order valence-electron chi connectivity index (χ1n) is 5.24. The molecule has 0 saturated heterocycles. The van der Waals surface area contributed by atoms with Crippen LogP contribution in [0.15, 0.2) is 11.6 Å². The third kappa shape index (κ3) is 6.56. The van der Waals surface area contributed by atoms with E-state index in [-0.39, 0.29) is 0 Å². The molecule has 76 valence electrons. The fraction of sp³-hybridized carbons (Fsp3) is 0.750. The summed E-state index contributed by atoms with van der Waals surface area (Å²) < 4.78 is 0. The van der Waals surface area contributed by atoms with Crippen LogP contribution in [0, 0.1) is 11.8 Å². The van der Waals surface area contributed by atoms with E-state index in [1.165, 1.54) is 6.42 Å². The summed E-state index contributed by atoms with van der Waals surface area (Å²) in [6.45, 7) is 8.68. The maximum Gasteiger partial charge on any atom is 0.145 e. The largest absolute Gasteiger partial charge is 0.298 e. The van der Waals surface area contributed by atoms with Gasteiger partial charge in [0.1, 0.15) is 6.29 Å². The first-order valence-corrected chi connectivity index (χ1v) is 5.24. The number of allylic oxidation sites excluding steroid dienone is 2. The molecular formula is C12H22O. The molecule has 1 heteroatoms. The van der Waals surface area contributed by atoms with Gasteiger partial charge >= 0.3 is 0 Å². The number of hydrogen-bond donors (Lipinski definition) is 0. The minimum Gasteiger partial charge on any atom is -0.298 e. The second-order valence-electron chi connectivity index (χ2n) is 4.24. The van der Waals surface area contributed by atoms with Crippen LogP contribution in [0.3, 0.4) is 0 Å². The van der Waals surface area contributed by atoms with Crippen molar-refractivity contribution in [2.45, 2.75) is 47.0 Å². The van der Waals surface area contributed by atoms with Gasteiger partial charge in [-0.1, -0.05) is 40.2 Å². The van der Waals surface area contributed by atoms with Crippen molar-refractivity contribution in [2.75, 3.05) is 0 Å². The Hall–Kier alpha value is -0.590. The van der Waals surface area contributed by atoms with Crippen LogP contribution in [0.25, 0.3) is 0 Å². The van der Waals surface area contributed by atoms with Crippen LogP contribution in [0.1, 0.15) is 47.0 Å². The molecule has 0 aromatic rings. The number of carbonyl (C=O) groups excluding carboxylic acids is 1. The van der Waals surface area contributed by atoms with E-state index in [4.69, 9.17) is 0 Å². The number of rotatable bonds is 6. The molecule has 0 heterocycles. The molecule has 13 heavy (non-hydrogen) atoms. The average molecular weight is 182 g/mol. The lowest BCUT2D eigenvalue weighted by Crippen LogP contribution is -1.95. The molecule has 0 spiro atoms. The predicted octanol–water partition coefficient (Wildman–Crippen LogP) is 3.59. The van der Waals surface area contributed by atoms with E-state index in [1.54, 1.807) is 0 Å². The van der Waals surface area contributed by atoms with Crippen LogP contribution in [-0.4, -0.2) is 6.29 Å². The van der Waals surface area contributed by atoms with Gasteiger partial charge in [0.05, 0.1) is 0 Å². The second kappa shape index (κ2) is 6.88. The summed E-state index contributed by atoms with van der Waals surface area (Å²) in [5.74, 6) is 1.27. The lowest BCUT2D eigenvalue weighted by molar-refractivity contribution is -0.105. The van der Waals surface area contributed by atoms with Crippen molar-refractivity contribution in [2.24, 2.45) is 11.8 Å². The van der Waals surface area contributed by atoms with Crippen LogP contribution >= 0.6 is 0 Å². The third-order valence-corrected chi connectivity index (χ3v) is 2.27. The first kappa shape index (κ1) is 12.4. The Morgan fingerprint density at radius 2 is 1.92 bits per heavy atom. The van der Waals surface area contributed by atoms with Gasteiger partial charge in [0.2, 0.25) is 0 Å². The van der Waals surface area contributed by atoms with Gasteiger partial charge in [-0.15, -0.1) is 0 Å². The molecule has 0 aromatic carbocycles. The van der Waals surface area contributed by atoms with E-state index >= 15 is 0 Å². The molecule has 0 aromatic heterocycles. The Morgan fingerprint density at radius 1 is 1.31 bits per heavy atom. The molecule has 1 nitrogen and oxygen atoms in total. The summed E-state index contributed by atoms with van der Waals surface area (Å²) in [5, 5.41) is 0. The molecule has 0 aliphatic heterocycles. The standard InChI is InChI=1S/C12H22O/c1-5-11(4)6-7-12(9-13)8-10(2)3/h7,9-11H,5-6,8H2,1-4H3. The minimum atomic E-state index is 0.577. The summed E-state index contributed by atoms with van der Waals surface area (Å²) >= 11 is 0. The predicted molar refractivity (Wildman–Crippen MR) is 57.7 cm³/mol. The van der Waals surface area contributed by atoms with Gasteiger partial charge in [-0.3, -0.25) is 4.79 Å². The van der Waals surface area contributed by atoms with Gasteiger partial charge < -0.3 is 0 Å². The van der Waals surface area contributed by atoms with Gasteiger partial charge in [0.15, 0.2) is 0 Å². The monoisotopic (exact) mass is 182 g/mol. The highest BCUT2D eigenvalue weighted by atomic mass is 16.1. The van der Waals surface area contributed by atoms with Crippen molar-refractivity contribution >= 4 is 6.29 Å². The Kier molecular flexibility index (Phi) is 6.56. The van der Waals surface area contributed by atoms with Crippen LogP contribution in [-0.2, 0) is 4.79 Å². The van der Waals surface area contributed by atoms with Gasteiger partial charge in [-0.05, 0) is 30.3 Å². The molecule has 0 bridgehead atoms. The maximum atomic E-state index is 10.7. The number of carbonyl (C=O) groups is 1. The van der Waals surface area contributed by atoms with E-state index in [2.05, 4.69) is 33.8 Å². The number of aldehydes is 1. The zero-order chi connectivity index (χ0) is 10.3. The van der Waals surface area contributed by atoms with E-state index in [1.807, 2.05) is 0 Å². The highest BCUT2D eigenvalue weighted by Gasteiger charge is 2.01. The van der Waals surface area contributed by atoms with E-state index in [9.17, 15) is 4.79 Å². The zero-order valence-electron chi connectivity index (χ0n) is 9.34. The second-order valence-corrected chi connectivity index (χ2v) is 4.24. The van der Waals surface area contributed by atoms with Crippen molar-refractivity contribution in [3.63, 3.8) is 0 Å². The molecule has 0 N–H and O–H groups in total. The van der Waals surface area contributed by atoms with Crippen LogP contribution in [0.2, 0.25) is 0 Å². The molecule has 1 atom stereocenters. The summed E-state index contributed by atoms with van der Waals surface area (Å²) in [4.78, 5) is 10.7. The van der Waals surface area contributed by atoms with Gasteiger partial charge in [0.25, 0.3) is 0 Å². The maximum absolute atomic E-state index is 10.7. The van der Waals surface area contributed by atoms with Crippen LogP contribution in [0.4, 0.5) is 0 Å². The molecule has 0 saturated carbocycles. The van der Waals surface area contributed by atoms with Gasteiger partial charge in [-0.25, -0.2) is 0 Å². The van der Waals surface area contributed by atoms with Crippen LogP contribution in [0.5, 0.6) is 0 Å². The fourth-order valence-electron chi connectivity index (χ4n) is 1.17. The normalized spacial score (nSPS) is 14.7. The molecule has 0 fully saturated rings. The van der Waals surface area contributed by atoms with Crippen molar-refractivity contribution in [1.29, 1.82) is 0 Å². The topological polar surface area (TPSA) is 17.1 Å². The quantitative estimate of drug-likeness (QED) is 0.453. The highest BCUT2D eigenvalue weighted by Crippen LogP contribution is 2.13. The summed E-state index contributed by atoms with van der Waals surface area (Å²) in [6.07, 6.45) is 6.24. The van der Waals surface area contributed by atoms with Crippen molar-refractivity contribution < 1.29 is 4.79 Å². The zero-order valence-corrected chi connectivity index (χ0v) is 9.34.